The summed E-state index contributed by atoms with van der Waals surface area (Å²) in [6, 6.07) is 9.55. The maximum absolute atomic E-state index is 14.8. The lowest BCUT2D eigenvalue weighted by Crippen LogP contribution is -2.36. The lowest BCUT2D eigenvalue weighted by Gasteiger charge is -2.30. The zero-order valence-corrected chi connectivity index (χ0v) is 24.7. The fraction of sp³-hybridized carbons (Fsp3) is 0.400. The first-order valence-electron chi connectivity index (χ1n) is 13.4. The molecule has 0 radical (unpaired) electrons. The second-order valence-electron chi connectivity index (χ2n) is 10.3. The molecule has 0 bridgehead atoms. The molecule has 0 unspecified atom stereocenters. The lowest BCUT2D eigenvalue weighted by atomic mass is 10.0. The summed E-state index contributed by atoms with van der Waals surface area (Å²) in [5.74, 6) is 4.49. The number of methoxy groups -OCH3 is 1. The number of halogens is 4. The van der Waals surface area contributed by atoms with E-state index in [4.69, 9.17) is 17.0 Å². The summed E-state index contributed by atoms with van der Waals surface area (Å²) in [5, 5.41) is 7.11. The first kappa shape index (κ1) is 31.1. The van der Waals surface area contributed by atoms with Gasteiger partial charge in [-0.15, -0.1) is 0 Å². The van der Waals surface area contributed by atoms with Crippen molar-refractivity contribution in [2.75, 3.05) is 51.5 Å². The molecule has 1 saturated heterocycles. The van der Waals surface area contributed by atoms with E-state index in [1.54, 1.807) is 25.1 Å². The third kappa shape index (κ3) is 7.33. The van der Waals surface area contributed by atoms with Crippen LogP contribution in [-0.4, -0.2) is 78.3 Å². The first-order chi connectivity index (χ1) is 19.9. The average Bonchev–Trinajstić information content (AvgIpc) is 3.28. The summed E-state index contributed by atoms with van der Waals surface area (Å²) in [7, 11) is 4.89. The maximum atomic E-state index is 14.8. The summed E-state index contributed by atoms with van der Waals surface area (Å²) < 4.78 is 62.0. The minimum Gasteiger partial charge on any atom is -0.495 e. The largest absolute Gasteiger partial charge is 0.495 e. The number of carbonyl (C=O) groups excluding carboxylic acids is 1. The van der Waals surface area contributed by atoms with Crippen LogP contribution in [-0.2, 0) is 6.54 Å². The molecule has 1 fully saturated rings. The molecule has 0 aliphatic carbocycles. The van der Waals surface area contributed by atoms with E-state index in [0.29, 0.717) is 10.9 Å². The first-order valence-corrected chi connectivity index (χ1v) is 13.8. The number of hydrogen-bond acceptors (Lipinski definition) is 6. The molecule has 2 N–H and O–H groups in total. The number of benzene rings is 2. The van der Waals surface area contributed by atoms with Gasteiger partial charge in [0.2, 0.25) is 0 Å². The summed E-state index contributed by atoms with van der Waals surface area (Å²) >= 11 is 5.00. The Balaban J connectivity index is 1.58. The molecular weight excluding hydrogens is 570 g/mol. The summed E-state index contributed by atoms with van der Waals surface area (Å²) in [6.07, 6.45) is -2.56. The van der Waals surface area contributed by atoms with Crippen LogP contribution in [0.2, 0.25) is 0 Å². The quantitative estimate of drug-likeness (QED) is 0.204. The minimum atomic E-state index is -4.45. The van der Waals surface area contributed by atoms with Crippen LogP contribution in [0.4, 0.5) is 28.9 Å². The van der Waals surface area contributed by atoms with E-state index >= 15 is 0 Å². The second-order valence-corrected chi connectivity index (χ2v) is 10.9. The average molecular weight is 604 g/mol. The van der Waals surface area contributed by atoms with Gasteiger partial charge >= 0.3 is 6.18 Å². The topological polar surface area (TPSA) is 61.8 Å². The second kappa shape index (κ2) is 13.0. The van der Waals surface area contributed by atoms with Crippen LogP contribution in [0.15, 0.2) is 36.4 Å². The Morgan fingerprint density at radius 3 is 2.55 bits per heavy atom. The predicted molar refractivity (Wildman–Crippen MR) is 161 cm³/mol. The molecular formula is C30H33F4N5O2S. The van der Waals surface area contributed by atoms with E-state index in [-0.39, 0.29) is 40.3 Å². The number of rotatable bonds is 7. The summed E-state index contributed by atoms with van der Waals surface area (Å²) in [6.45, 7) is 2.25. The Hall–Kier alpha value is -3.82. The SMILES string of the molecule is COc1cc(C(=O)N(C)C(C)=S)c(F)cc1NCC#Cc1cc2c(NC3CCN(C)CC3)cccc2n1CC(F)(F)F. The lowest BCUT2D eigenvalue weighted by molar-refractivity contribution is -0.140. The number of piperidine rings is 1. The highest BCUT2D eigenvalue weighted by Crippen LogP contribution is 2.32. The van der Waals surface area contributed by atoms with Crippen LogP contribution in [0.5, 0.6) is 5.75 Å². The number of nitrogens with one attached hydrogen (secondary N) is 2. The molecule has 0 spiro atoms. The number of likely N-dealkylation sites (tertiary alicyclic amines) is 1. The fourth-order valence-corrected chi connectivity index (χ4v) is 4.94. The van der Waals surface area contributed by atoms with Crippen LogP contribution in [0.25, 0.3) is 10.9 Å². The number of hydrogen-bond donors (Lipinski definition) is 2. The molecule has 2 aromatic carbocycles. The van der Waals surface area contributed by atoms with Crippen LogP contribution in [0.3, 0.4) is 0 Å². The summed E-state index contributed by atoms with van der Waals surface area (Å²) in [5.41, 5.74) is 1.44. The number of ether oxygens (including phenoxy) is 1. The standard InChI is InChI=1S/C30H33F4N5O2S/c1-19(42)38(3)29(40)22-16-28(41-4)26(17-24(22)31)35-12-6-7-21-15-23-25(36-20-10-13-37(2)14-11-20)8-5-9-27(23)39(21)18-30(32,33)34/h5,8-9,15-17,20,35-36H,10-14,18H2,1-4H3. The smallest absolute Gasteiger partial charge is 0.406 e. The highest BCUT2D eigenvalue weighted by atomic mass is 32.1. The third-order valence-electron chi connectivity index (χ3n) is 7.24. The van der Waals surface area contributed by atoms with Gasteiger partial charge in [0.05, 0.1) is 41.1 Å². The molecule has 4 rings (SSSR count). The number of alkyl halides is 3. The third-order valence-corrected chi connectivity index (χ3v) is 7.52. The van der Waals surface area contributed by atoms with Crippen LogP contribution in [0, 0.1) is 17.7 Å². The zero-order chi connectivity index (χ0) is 30.6. The van der Waals surface area contributed by atoms with Crippen molar-refractivity contribution < 1.29 is 27.1 Å². The van der Waals surface area contributed by atoms with Gasteiger partial charge in [0.1, 0.15) is 18.1 Å². The fourth-order valence-electron chi connectivity index (χ4n) is 4.86. The van der Waals surface area contributed by atoms with Crippen LogP contribution >= 0.6 is 12.2 Å². The molecule has 0 atom stereocenters. The van der Waals surface area contributed by atoms with Crippen LogP contribution < -0.4 is 15.4 Å². The van der Waals surface area contributed by atoms with Gasteiger partial charge in [-0.2, -0.15) is 13.2 Å². The predicted octanol–water partition coefficient (Wildman–Crippen LogP) is 5.74. The van der Waals surface area contributed by atoms with E-state index in [1.807, 2.05) is 6.07 Å². The van der Waals surface area contributed by atoms with Crippen molar-refractivity contribution in [3.63, 3.8) is 0 Å². The van der Waals surface area contributed by atoms with Gasteiger partial charge in [-0.05, 0) is 70.1 Å². The Morgan fingerprint density at radius 2 is 1.90 bits per heavy atom. The molecule has 224 valence electrons. The normalized spacial score (nSPS) is 14.3. The number of carbonyl (C=O) groups is 1. The monoisotopic (exact) mass is 603 g/mol. The number of aromatic nitrogens is 1. The van der Waals surface area contributed by atoms with Gasteiger partial charge in [-0.3, -0.25) is 4.79 Å². The maximum Gasteiger partial charge on any atom is 0.406 e. The van der Waals surface area contributed by atoms with Gasteiger partial charge in [-0.1, -0.05) is 24.2 Å². The molecule has 0 saturated carbocycles. The van der Waals surface area contributed by atoms with E-state index in [0.717, 1.165) is 47.2 Å². The molecule has 1 aromatic heterocycles. The van der Waals surface area contributed by atoms with E-state index < -0.39 is 24.4 Å². The molecule has 42 heavy (non-hydrogen) atoms. The Morgan fingerprint density at radius 1 is 1.19 bits per heavy atom. The Labute approximate surface area is 247 Å². The molecule has 1 aliphatic rings. The van der Waals surface area contributed by atoms with E-state index in [9.17, 15) is 22.4 Å². The van der Waals surface area contributed by atoms with Crippen molar-refractivity contribution >= 4 is 45.4 Å². The van der Waals surface area contributed by atoms with Gasteiger partial charge in [0.15, 0.2) is 0 Å². The number of thiocarbonyl (C=S) groups is 1. The van der Waals surface area contributed by atoms with Crippen molar-refractivity contribution in [3.8, 4) is 17.6 Å². The molecule has 3 aromatic rings. The Bertz CT molecular complexity index is 1530. The number of nitrogens with zero attached hydrogens (tertiary/aromatic N) is 3. The molecule has 12 heteroatoms. The number of fused-ring (bicyclic) bond motifs is 1. The van der Waals surface area contributed by atoms with Crippen molar-refractivity contribution in [2.45, 2.75) is 38.5 Å². The number of anilines is 2. The van der Waals surface area contributed by atoms with Crippen molar-refractivity contribution in [2.24, 2.45) is 0 Å². The van der Waals surface area contributed by atoms with Crippen molar-refractivity contribution in [1.82, 2.24) is 14.4 Å². The van der Waals surface area contributed by atoms with Gasteiger partial charge in [0.25, 0.3) is 5.91 Å². The molecule has 2 heterocycles. The number of amides is 1. The molecule has 1 aliphatic heterocycles. The van der Waals surface area contributed by atoms with E-state index in [2.05, 4.69) is 34.4 Å². The zero-order valence-electron chi connectivity index (χ0n) is 23.9. The van der Waals surface area contributed by atoms with Crippen molar-refractivity contribution in [3.05, 3.63) is 53.5 Å². The van der Waals surface area contributed by atoms with Crippen molar-refractivity contribution in [1.29, 1.82) is 0 Å². The highest BCUT2D eigenvalue weighted by molar-refractivity contribution is 7.80. The van der Waals surface area contributed by atoms with E-state index in [1.165, 1.54) is 20.2 Å². The highest BCUT2D eigenvalue weighted by Gasteiger charge is 2.30. The van der Waals surface area contributed by atoms with Gasteiger partial charge < -0.3 is 29.7 Å². The Kier molecular flexibility index (Phi) is 9.64. The van der Waals surface area contributed by atoms with Gasteiger partial charge in [0, 0.05) is 30.2 Å². The molecule has 1 amide bonds. The molecule has 7 nitrogen and oxygen atoms in total. The minimum absolute atomic E-state index is 0.0176. The van der Waals surface area contributed by atoms with Crippen LogP contribution in [0.1, 0.15) is 35.8 Å². The van der Waals surface area contributed by atoms with Gasteiger partial charge in [-0.25, -0.2) is 4.39 Å². The summed E-state index contributed by atoms with van der Waals surface area (Å²) in [4.78, 5) is 16.3.